The SMILES string of the molecule is CC(C)CC1CSC(Nc2ccc(Cl)c3cccnc23)=N1. The summed E-state index contributed by atoms with van der Waals surface area (Å²) in [4.78, 5) is 9.20. The van der Waals surface area contributed by atoms with Crippen LogP contribution in [0.5, 0.6) is 0 Å². The van der Waals surface area contributed by atoms with Crippen LogP contribution in [0.25, 0.3) is 10.9 Å². The number of hydrogen-bond acceptors (Lipinski definition) is 4. The molecule has 0 fully saturated rings. The Hall–Kier alpha value is -1.26. The Kier molecular flexibility index (Phi) is 4.36. The molecule has 1 unspecified atom stereocenters. The summed E-state index contributed by atoms with van der Waals surface area (Å²) < 4.78 is 0. The van der Waals surface area contributed by atoms with Gasteiger partial charge < -0.3 is 5.32 Å². The van der Waals surface area contributed by atoms with Crippen LogP contribution in [0.2, 0.25) is 5.02 Å². The number of amidine groups is 1. The van der Waals surface area contributed by atoms with E-state index in [-0.39, 0.29) is 0 Å². The molecule has 21 heavy (non-hydrogen) atoms. The van der Waals surface area contributed by atoms with Crippen molar-refractivity contribution in [2.45, 2.75) is 26.3 Å². The lowest BCUT2D eigenvalue weighted by atomic mass is 10.1. The maximum absolute atomic E-state index is 6.22. The van der Waals surface area contributed by atoms with Gasteiger partial charge in [0.15, 0.2) is 5.17 Å². The summed E-state index contributed by atoms with van der Waals surface area (Å²) in [5.74, 6) is 1.73. The number of thioether (sulfide) groups is 1. The van der Waals surface area contributed by atoms with Crippen molar-refractivity contribution in [1.82, 2.24) is 4.98 Å². The highest BCUT2D eigenvalue weighted by molar-refractivity contribution is 8.14. The predicted molar refractivity (Wildman–Crippen MR) is 93.5 cm³/mol. The number of fused-ring (bicyclic) bond motifs is 1. The number of rotatable bonds is 3. The van der Waals surface area contributed by atoms with Gasteiger partial charge in [-0.3, -0.25) is 9.98 Å². The molecular weight excluding hydrogens is 302 g/mol. The van der Waals surface area contributed by atoms with Crippen LogP contribution in [-0.2, 0) is 0 Å². The van der Waals surface area contributed by atoms with Crippen molar-refractivity contribution >= 4 is 45.1 Å². The Balaban J connectivity index is 1.85. The maximum atomic E-state index is 6.22. The summed E-state index contributed by atoms with van der Waals surface area (Å²) >= 11 is 8.00. The maximum Gasteiger partial charge on any atom is 0.161 e. The molecule has 0 bridgehead atoms. The molecule has 2 aromatic rings. The molecule has 5 heteroatoms. The van der Waals surface area contributed by atoms with Gasteiger partial charge in [0.25, 0.3) is 0 Å². The molecule has 2 heterocycles. The zero-order valence-electron chi connectivity index (χ0n) is 12.1. The summed E-state index contributed by atoms with van der Waals surface area (Å²) in [6.45, 7) is 4.48. The number of aromatic nitrogens is 1. The van der Waals surface area contributed by atoms with Gasteiger partial charge in [-0.2, -0.15) is 0 Å². The van der Waals surface area contributed by atoms with Crippen molar-refractivity contribution < 1.29 is 0 Å². The van der Waals surface area contributed by atoms with Crippen LogP contribution in [0.4, 0.5) is 5.69 Å². The van der Waals surface area contributed by atoms with Crippen molar-refractivity contribution in [1.29, 1.82) is 0 Å². The molecular formula is C16H18ClN3S. The number of halogens is 1. The van der Waals surface area contributed by atoms with Crippen LogP contribution in [0.3, 0.4) is 0 Å². The second kappa shape index (κ2) is 6.24. The molecule has 1 atom stereocenters. The van der Waals surface area contributed by atoms with E-state index in [1.54, 1.807) is 18.0 Å². The molecule has 1 aromatic carbocycles. The number of aliphatic imine (C=N–C) groups is 1. The first-order valence-electron chi connectivity index (χ1n) is 7.14. The predicted octanol–water partition coefficient (Wildman–Crippen LogP) is 4.82. The Morgan fingerprint density at radius 1 is 1.38 bits per heavy atom. The normalized spacial score (nSPS) is 18.3. The lowest BCUT2D eigenvalue weighted by Crippen LogP contribution is -2.08. The van der Waals surface area contributed by atoms with Gasteiger partial charge >= 0.3 is 0 Å². The lowest BCUT2D eigenvalue weighted by molar-refractivity contribution is 0.529. The van der Waals surface area contributed by atoms with Crippen molar-refractivity contribution in [2.24, 2.45) is 10.9 Å². The second-order valence-corrected chi connectivity index (χ2v) is 7.06. The molecule has 0 saturated heterocycles. The van der Waals surface area contributed by atoms with Gasteiger partial charge in [0.1, 0.15) is 0 Å². The van der Waals surface area contributed by atoms with Crippen molar-refractivity contribution in [3.8, 4) is 0 Å². The number of nitrogens with one attached hydrogen (secondary N) is 1. The molecule has 110 valence electrons. The van der Waals surface area contributed by atoms with E-state index in [2.05, 4.69) is 24.1 Å². The molecule has 0 saturated carbocycles. The van der Waals surface area contributed by atoms with E-state index in [4.69, 9.17) is 16.6 Å². The largest absolute Gasteiger partial charge is 0.333 e. The Morgan fingerprint density at radius 2 is 2.24 bits per heavy atom. The molecule has 0 spiro atoms. The number of benzene rings is 1. The van der Waals surface area contributed by atoms with Crippen LogP contribution in [-0.4, -0.2) is 21.9 Å². The van der Waals surface area contributed by atoms with E-state index in [0.717, 1.165) is 39.0 Å². The van der Waals surface area contributed by atoms with Crippen LogP contribution in [0, 0.1) is 5.92 Å². The van der Waals surface area contributed by atoms with Crippen molar-refractivity contribution in [2.75, 3.05) is 11.1 Å². The van der Waals surface area contributed by atoms with Gasteiger partial charge in [0.2, 0.25) is 0 Å². The standard InChI is InChI=1S/C16H18ClN3S/c1-10(2)8-11-9-21-16(19-11)20-14-6-5-13(17)12-4-3-7-18-15(12)14/h3-7,10-11H,8-9H2,1-2H3,(H,19,20). The Labute approximate surface area is 134 Å². The van der Waals surface area contributed by atoms with Gasteiger partial charge in [-0.05, 0) is 36.6 Å². The van der Waals surface area contributed by atoms with Gasteiger partial charge in [-0.1, -0.05) is 37.2 Å². The lowest BCUT2D eigenvalue weighted by Gasteiger charge is -2.09. The third-order valence-corrected chi connectivity index (χ3v) is 4.78. The smallest absolute Gasteiger partial charge is 0.161 e. The fourth-order valence-electron chi connectivity index (χ4n) is 2.50. The van der Waals surface area contributed by atoms with Crippen LogP contribution >= 0.6 is 23.4 Å². The van der Waals surface area contributed by atoms with Gasteiger partial charge in [0, 0.05) is 17.3 Å². The molecule has 1 aromatic heterocycles. The first-order valence-corrected chi connectivity index (χ1v) is 8.50. The molecule has 1 N–H and O–H groups in total. The van der Waals surface area contributed by atoms with Crippen molar-refractivity contribution in [3.63, 3.8) is 0 Å². The van der Waals surface area contributed by atoms with Crippen LogP contribution in [0.1, 0.15) is 20.3 Å². The molecule has 0 amide bonds. The van der Waals surface area contributed by atoms with Gasteiger partial charge in [-0.15, -0.1) is 0 Å². The molecule has 3 nitrogen and oxygen atoms in total. The summed E-state index contributed by atoms with van der Waals surface area (Å²) in [6.07, 6.45) is 2.92. The van der Waals surface area contributed by atoms with Gasteiger partial charge in [0.05, 0.1) is 22.3 Å². The quantitative estimate of drug-likeness (QED) is 0.881. The summed E-state index contributed by atoms with van der Waals surface area (Å²) in [5, 5.41) is 6.08. The van der Waals surface area contributed by atoms with E-state index in [1.165, 1.54) is 0 Å². The number of hydrogen-bond donors (Lipinski definition) is 1. The van der Waals surface area contributed by atoms with Crippen LogP contribution < -0.4 is 5.32 Å². The van der Waals surface area contributed by atoms with E-state index in [9.17, 15) is 0 Å². The highest BCUT2D eigenvalue weighted by atomic mass is 35.5. The van der Waals surface area contributed by atoms with Crippen molar-refractivity contribution in [3.05, 3.63) is 35.5 Å². The fourth-order valence-corrected chi connectivity index (χ4v) is 3.68. The molecule has 0 radical (unpaired) electrons. The highest BCUT2D eigenvalue weighted by Crippen LogP contribution is 2.30. The first-order chi connectivity index (χ1) is 10.1. The Morgan fingerprint density at radius 3 is 3.05 bits per heavy atom. The number of anilines is 1. The molecule has 1 aliphatic heterocycles. The summed E-state index contributed by atoms with van der Waals surface area (Å²) in [5.41, 5.74) is 1.85. The minimum absolute atomic E-state index is 0.420. The zero-order chi connectivity index (χ0) is 14.8. The first kappa shape index (κ1) is 14.7. The second-order valence-electron chi connectivity index (χ2n) is 5.65. The number of nitrogens with zero attached hydrogens (tertiary/aromatic N) is 2. The topological polar surface area (TPSA) is 37.3 Å². The summed E-state index contributed by atoms with van der Waals surface area (Å²) in [6, 6.07) is 8.18. The van der Waals surface area contributed by atoms with E-state index >= 15 is 0 Å². The molecule has 3 rings (SSSR count). The zero-order valence-corrected chi connectivity index (χ0v) is 13.7. The van der Waals surface area contributed by atoms with E-state index in [1.807, 2.05) is 24.3 Å². The van der Waals surface area contributed by atoms with Gasteiger partial charge in [-0.25, -0.2) is 0 Å². The monoisotopic (exact) mass is 319 g/mol. The summed E-state index contributed by atoms with van der Waals surface area (Å²) in [7, 11) is 0. The number of pyridine rings is 1. The third-order valence-electron chi connectivity index (χ3n) is 3.41. The van der Waals surface area contributed by atoms with Crippen LogP contribution in [0.15, 0.2) is 35.5 Å². The minimum Gasteiger partial charge on any atom is -0.333 e. The molecule has 1 aliphatic rings. The Bertz CT molecular complexity index is 684. The van der Waals surface area contributed by atoms with E-state index < -0.39 is 0 Å². The molecule has 0 aliphatic carbocycles. The highest BCUT2D eigenvalue weighted by Gasteiger charge is 2.20. The van der Waals surface area contributed by atoms with E-state index in [0.29, 0.717) is 12.0 Å². The minimum atomic E-state index is 0.420. The third kappa shape index (κ3) is 3.33. The average Bonchev–Trinajstić information content (AvgIpc) is 2.89. The fraction of sp³-hybridized carbons (Fsp3) is 0.375. The average molecular weight is 320 g/mol.